The normalized spacial score (nSPS) is 18.1. The molecule has 0 amide bonds. The van der Waals surface area contributed by atoms with Crippen molar-refractivity contribution in [2.45, 2.75) is 26.8 Å². The second-order valence-corrected chi connectivity index (χ2v) is 6.93. The summed E-state index contributed by atoms with van der Waals surface area (Å²) >= 11 is 3.49. The highest BCUT2D eigenvalue weighted by Gasteiger charge is 2.22. The lowest BCUT2D eigenvalue weighted by Gasteiger charge is -2.19. The van der Waals surface area contributed by atoms with Crippen molar-refractivity contribution in [1.82, 2.24) is 10.5 Å². The first kappa shape index (κ1) is 15.6. The van der Waals surface area contributed by atoms with Gasteiger partial charge in [-0.15, -0.1) is 0 Å². The van der Waals surface area contributed by atoms with E-state index < -0.39 is 0 Å². The van der Waals surface area contributed by atoms with Crippen LogP contribution in [0.3, 0.4) is 0 Å². The minimum absolute atomic E-state index is 0.698. The van der Waals surface area contributed by atoms with Gasteiger partial charge in [0.15, 0.2) is 0 Å². The van der Waals surface area contributed by atoms with E-state index in [1.54, 1.807) is 0 Å². The molecular formula is C17H22BrN3O. The van der Waals surface area contributed by atoms with Crippen LogP contribution < -0.4 is 10.2 Å². The van der Waals surface area contributed by atoms with Crippen molar-refractivity contribution in [2.24, 2.45) is 5.92 Å². The largest absolute Gasteiger partial charge is 0.371 e. The molecule has 3 rings (SSSR count). The molecule has 1 fully saturated rings. The molecule has 1 aromatic heterocycles. The van der Waals surface area contributed by atoms with Crippen LogP contribution in [0.1, 0.15) is 23.4 Å². The van der Waals surface area contributed by atoms with E-state index in [1.165, 1.54) is 17.7 Å². The summed E-state index contributed by atoms with van der Waals surface area (Å²) in [6, 6.07) is 8.59. The Balaban J connectivity index is 1.48. The first-order valence-electron chi connectivity index (χ1n) is 7.76. The molecule has 2 heterocycles. The van der Waals surface area contributed by atoms with Crippen molar-refractivity contribution in [1.29, 1.82) is 0 Å². The van der Waals surface area contributed by atoms with Crippen LogP contribution in [0.5, 0.6) is 0 Å². The maximum Gasteiger partial charge on any atom is 0.138 e. The summed E-state index contributed by atoms with van der Waals surface area (Å²) in [4.78, 5) is 2.47. The minimum Gasteiger partial charge on any atom is -0.371 e. The van der Waals surface area contributed by atoms with Gasteiger partial charge in [0, 0.05) is 41.9 Å². The van der Waals surface area contributed by atoms with Gasteiger partial charge in [-0.25, -0.2) is 0 Å². The van der Waals surface area contributed by atoms with Crippen molar-refractivity contribution in [3.63, 3.8) is 0 Å². The first-order chi connectivity index (χ1) is 10.6. The van der Waals surface area contributed by atoms with Gasteiger partial charge in [0.2, 0.25) is 0 Å². The highest BCUT2D eigenvalue weighted by Crippen LogP contribution is 2.25. The average molecular weight is 364 g/mol. The lowest BCUT2D eigenvalue weighted by atomic mass is 10.1. The second kappa shape index (κ2) is 6.84. The van der Waals surface area contributed by atoms with Crippen molar-refractivity contribution < 1.29 is 4.52 Å². The highest BCUT2D eigenvalue weighted by atomic mass is 79.9. The van der Waals surface area contributed by atoms with Crippen LogP contribution in [0, 0.1) is 19.8 Å². The fourth-order valence-electron chi connectivity index (χ4n) is 3.04. The van der Waals surface area contributed by atoms with Gasteiger partial charge in [-0.3, -0.25) is 0 Å². The van der Waals surface area contributed by atoms with E-state index in [-0.39, 0.29) is 0 Å². The van der Waals surface area contributed by atoms with E-state index in [4.69, 9.17) is 4.52 Å². The molecule has 0 saturated carbocycles. The quantitative estimate of drug-likeness (QED) is 0.879. The van der Waals surface area contributed by atoms with Crippen LogP contribution in [0.25, 0.3) is 0 Å². The predicted octanol–water partition coefficient (Wildman–Crippen LogP) is 3.67. The number of hydrogen-bond acceptors (Lipinski definition) is 4. The van der Waals surface area contributed by atoms with Crippen LogP contribution >= 0.6 is 15.9 Å². The lowest BCUT2D eigenvalue weighted by molar-refractivity contribution is 0.391. The minimum atomic E-state index is 0.698. The molecule has 22 heavy (non-hydrogen) atoms. The van der Waals surface area contributed by atoms with Gasteiger partial charge < -0.3 is 14.7 Å². The molecule has 0 bridgehead atoms. The summed E-state index contributed by atoms with van der Waals surface area (Å²) in [5.74, 6) is 1.62. The molecule has 5 heteroatoms. The zero-order valence-corrected chi connectivity index (χ0v) is 14.7. The predicted molar refractivity (Wildman–Crippen MR) is 92.1 cm³/mol. The van der Waals surface area contributed by atoms with Crippen LogP contribution in [0.2, 0.25) is 0 Å². The number of anilines is 1. The molecule has 1 aromatic carbocycles. The van der Waals surface area contributed by atoms with Gasteiger partial charge in [0.25, 0.3) is 0 Å². The third-order valence-corrected chi connectivity index (χ3v) is 4.92. The van der Waals surface area contributed by atoms with Crippen molar-refractivity contribution >= 4 is 21.6 Å². The standard InChI is InChI=1S/C17H22BrN3O/c1-12-17(13(2)22-20-12)10-19-9-14-7-8-21(11-14)16-5-3-15(18)4-6-16/h3-6,14,19H,7-11H2,1-2H3. The molecule has 1 unspecified atom stereocenters. The third kappa shape index (κ3) is 3.52. The number of benzene rings is 1. The Morgan fingerprint density at radius 3 is 2.77 bits per heavy atom. The Morgan fingerprint density at radius 1 is 1.32 bits per heavy atom. The molecule has 1 aliphatic heterocycles. The molecule has 1 saturated heterocycles. The zero-order chi connectivity index (χ0) is 15.5. The molecule has 0 radical (unpaired) electrons. The number of nitrogens with zero attached hydrogens (tertiary/aromatic N) is 2. The first-order valence-corrected chi connectivity index (χ1v) is 8.56. The van der Waals surface area contributed by atoms with Crippen molar-refractivity contribution in [3.05, 3.63) is 45.8 Å². The molecular weight excluding hydrogens is 342 g/mol. The maximum atomic E-state index is 5.20. The molecule has 0 aliphatic carbocycles. The Labute approximate surface area is 140 Å². The summed E-state index contributed by atoms with van der Waals surface area (Å²) in [7, 11) is 0. The summed E-state index contributed by atoms with van der Waals surface area (Å²) in [5.41, 5.74) is 3.51. The zero-order valence-electron chi connectivity index (χ0n) is 13.1. The lowest BCUT2D eigenvalue weighted by Crippen LogP contribution is -2.26. The van der Waals surface area contributed by atoms with E-state index in [1.807, 2.05) is 13.8 Å². The Bertz CT molecular complexity index is 604. The van der Waals surface area contributed by atoms with Gasteiger partial charge in [-0.1, -0.05) is 21.1 Å². The fraction of sp³-hybridized carbons (Fsp3) is 0.471. The van der Waals surface area contributed by atoms with Crippen LogP contribution in [0.15, 0.2) is 33.3 Å². The summed E-state index contributed by atoms with van der Waals surface area (Å²) in [6.07, 6.45) is 1.24. The van der Waals surface area contributed by atoms with E-state index in [0.717, 1.165) is 42.1 Å². The molecule has 0 spiro atoms. The van der Waals surface area contributed by atoms with Crippen molar-refractivity contribution in [2.75, 3.05) is 24.5 Å². The van der Waals surface area contributed by atoms with Crippen LogP contribution in [-0.2, 0) is 6.54 Å². The monoisotopic (exact) mass is 363 g/mol. The van der Waals surface area contributed by atoms with Gasteiger partial charge >= 0.3 is 0 Å². The van der Waals surface area contributed by atoms with Crippen molar-refractivity contribution in [3.8, 4) is 0 Å². The Hall–Kier alpha value is -1.33. The van der Waals surface area contributed by atoms with Crippen LogP contribution in [-0.4, -0.2) is 24.8 Å². The number of hydrogen-bond donors (Lipinski definition) is 1. The van der Waals surface area contributed by atoms with Gasteiger partial charge in [-0.05, 0) is 50.5 Å². The van der Waals surface area contributed by atoms with Gasteiger partial charge in [0.1, 0.15) is 5.76 Å². The molecule has 1 atom stereocenters. The molecule has 1 N–H and O–H groups in total. The number of nitrogens with one attached hydrogen (secondary N) is 1. The smallest absolute Gasteiger partial charge is 0.138 e. The summed E-state index contributed by atoms with van der Waals surface area (Å²) in [6.45, 7) is 8.11. The number of aromatic nitrogens is 1. The van der Waals surface area contributed by atoms with E-state index in [2.05, 4.69) is 55.6 Å². The van der Waals surface area contributed by atoms with E-state index >= 15 is 0 Å². The van der Waals surface area contributed by atoms with Gasteiger partial charge in [-0.2, -0.15) is 0 Å². The summed E-state index contributed by atoms with van der Waals surface area (Å²) in [5, 5.41) is 7.56. The number of aryl methyl sites for hydroxylation is 2. The van der Waals surface area contributed by atoms with E-state index in [0.29, 0.717) is 5.92 Å². The second-order valence-electron chi connectivity index (χ2n) is 6.01. The Kier molecular flexibility index (Phi) is 4.84. The van der Waals surface area contributed by atoms with Gasteiger partial charge in [0.05, 0.1) is 5.69 Å². The summed E-state index contributed by atoms with van der Waals surface area (Å²) < 4.78 is 6.33. The molecule has 118 valence electrons. The molecule has 2 aromatic rings. The van der Waals surface area contributed by atoms with Crippen LogP contribution in [0.4, 0.5) is 5.69 Å². The number of halogens is 1. The maximum absolute atomic E-state index is 5.20. The SMILES string of the molecule is Cc1noc(C)c1CNCC1CCN(c2ccc(Br)cc2)C1. The van der Waals surface area contributed by atoms with E-state index in [9.17, 15) is 0 Å². The molecule has 4 nitrogen and oxygen atoms in total. The highest BCUT2D eigenvalue weighted by molar-refractivity contribution is 9.10. The average Bonchev–Trinajstić information content (AvgIpc) is 3.10. The fourth-order valence-corrected chi connectivity index (χ4v) is 3.31. The third-order valence-electron chi connectivity index (χ3n) is 4.39. The number of rotatable bonds is 5. The topological polar surface area (TPSA) is 41.3 Å². The Morgan fingerprint density at radius 2 is 2.09 bits per heavy atom. The molecule has 1 aliphatic rings.